The molecule has 1 aliphatic heterocycles. The van der Waals surface area contributed by atoms with E-state index in [2.05, 4.69) is 15.5 Å². The Morgan fingerprint density at radius 1 is 0.778 bits per heavy atom. The van der Waals surface area contributed by atoms with E-state index in [1.54, 1.807) is 7.05 Å². The van der Waals surface area contributed by atoms with Crippen molar-refractivity contribution in [1.82, 2.24) is 14.7 Å². The number of carbonyl (C=O) groups is 4. The Balaban J connectivity index is 1.02. The lowest BCUT2D eigenvalue weighted by molar-refractivity contribution is -0.130. The van der Waals surface area contributed by atoms with E-state index in [4.69, 9.17) is 9.47 Å². The summed E-state index contributed by atoms with van der Waals surface area (Å²) in [6.45, 7) is 9.84. The Morgan fingerprint density at radius 3 is 2.17 bits per heavy atom. The van der Waals surface area contributed by atoms with E-state index in [0.29, 0.717) is 37.9 Å². The Kier molecular flexibility index (Phi) is 16.4. The third kappa shape index (κ3) is 14.5. The minimum Gasteiger partial charge on any atom is -0.446 e. The van der Waals surface area contributed by atoms with Crippen molar-refractivity contribution in [2.75, 3.05) is 64.0 Å². The number of piperidine rings is 1. The molecule has 11 nitrogen and oxygen atoms in total. The molecule has 1 fully saturated rings. The number of likely N-dealkylation sites (tertiary alicyclic amines) is 1. The molecule has 4 rings (SSSR count). The summed E-state index contributed by atoms with van der Waals surface area (Å²) in [7, 11) is 3.55. The molecule has 0 saturated carbocycles. The van der Waals surface area contributed by atoms with Crippen LogP contribution in [0.25, 0.3) is 11.1 Å². The number of anilines is 2. The number of amides is 3. The summed E-state index contributed by atoms with van der Waals surface area (Å²) in [5, 5.41) is 6.33. The Bertz CT molecular complexity index is 1630. The average molecular weight is 742 g/mol. The maximum absolute atomic E-state index is 12.8. The van der Waals surface area contributed by atoms with Crippen molar-refractivity contribution in [3.05, 3.63) is 84.4 Å². The summed E-state index contributed by atoms with van der Waals surface area (Å²) in [6, 6.07) is 25.2. The number of nitrogens with zero attached hydrogens (tertiary/aromatic N) is 3. The van der Waals surface area contributed by atoms with Gasteiger partial charge in [0, 0.05) is 83.0 Å². The van der Waals surface area contributed by atoms with Crippen LogP contribution in [-0.4, -0.2) is 104 Å². The molecule has 292 valence electrons. The molecule has 1 aliphatic rings. The highest BCUT2D eigenvalue weighted by Gasteiger charge is 2.24. The normalized spacial score (nSPS) is 13.5. The van der Waals surface area contributed by atoms with Crippen LogP contribution < -0.4 is 10.6 Å². The Morgan fingerprint density at radius 2 is 1.46 bits per heavy atom. The molecule has 0 aromatic heterocycles. The van der Waals surface area contributed by atoms with Crippen LogP contribution in [0.4, 0.5) is 21.0 Å². The van der Waals surface area contributed by atoms with Crippen LogP contribution in [0.15, 0.2) is 78.9 Å². The molecular formula is C43H59N5O6. The van der Waals surface area contributed by atoms with Crippen LogP contribution >= 0.6 is 0 Å². The standard InChI is InChI=1S/C43H59N5O6/c1-43(2,3)54-42(52)47(5)28-14-19-39(49)34-21-23-35(24-22-34)44-27-13-7-10-20-40(50)46(4)31-32-48-29-25-36(26-30-48)53-41(51)45-38-18-12-11-17-37(38)33-15-8-6-9-16-33/h6,8-9,11-12,15-18,21-24,36,44H,7,10,13-14,19-20,25-32H2,1-5H3,(H,45,51). The number of nitrogens with one attached hydrogen (secondary N) is 2. The predicted octanol–water partition coefficient (Wildman–Crippen LogP) is 8.33. The number of ketones is 1. The number of hydrogen-bond acceptors (Lipinski definition) is 8. The van der Waals surface area contributed by atoms with E-state index in [0.717, 1.165) is 80.8 Å². The molecule has 3 aromatic rings. The fourth-order valence-corrected chi connectivity index (χ4v) is 6.25. The maximum atomic E-state index is 12.8. The molecule has 0 spiro atoms. The van der Waals surface area contributed by atoms with E-state index in [-0.39, 0.29) is 23.9 Å². The monoisotopic (exact) mass is 741 g/mol. The number of unbranched alkanes of at least 4 members (excludes halogenated alkanes) is 2. The van der Waals surface area contributed by atoms with Gasteiger partial charge in [0.15, 0.2) is 5.78 Å². The maximum Gasteiger partial charge on any atom is 0.411 e. The van der Waals surface area contributed by atoms with Crippen molar-refractivity contribution in [2.45, 2.75) is 83.8 Å². The van der Waals surface area contributed by atoms with Gasteiger partial charge in [-0.15, -0.1) is 0 Å². The fourth-order valence-electron chi connectivity index (χ4n) is 6.25. The highest BCUT2D eigenvalue weighted by Crippen LogP contribution is 2.28. The van der Waals surface area contributed by atoms with Gasteiger partial charge in [-0.05, 0) is 88.8 Å². The van der Waals surface area contributed by atoms with Crippen LogP contribution in [0.5, 0.6) is 0 Å². The van der Waals surface area contributed by atoms with Gasteiger partial charge < -0.3 is 29.5 Å². The molecule has 3 amide bonds. The summed E-state index contributed by atoms with van der Waals surface area (Å²) in [5.41, 5.74) is 3.77. The minimum atomic E-state index is -0.548. The Hall–Kier alpha value is -4.90. The lowest BCUT2D eigenvalue weighted by Gasteiger charge is -2.32. The zero-order chi connectivity index (χ0) is 38.9. The number of rotatable bonds is 18. The quantitative estimate of drug-likeness (QED) is 0.0987. The first-order chi connectivity index (χ1) is 25.9. The fraction of sp³-hybridized carbons (Fsp3) is 0.488. The Labute approximate surface area is 321 Å². The molecule has 0 radical (unpaired) electrons. The van der Waals surface area contributed by atoms with Gasteiger partial charge in [-0.25, -0.2) is 9.59 Å². The van der Waals surface area contributed by atoms with Crippen LogP contribution in [0, 0.1) is 0 Å². The van der Waals surface area contributed by atoms with Crippen molar-refractivity contribution in [3.8, 4) is 11.1 Å². The van der Waals surface area contributed by atoms with Gasteiger partial charge in [-0.2, -0.15) is 0 Å². The molecule has 11 heteroatoms. The summed E-state index contributed by atoms with van der Waals surface area (Å²) in [5.74, 6) is 0.206. The molecule has 0 unspecified atom stereocenters. The van der Waals surface area contributed by atoms with Gasteiger partial charge in [-0.1, -0.05) is 55.0 Å². The number of Topliss-reactive ketones (excluding diaryl/α,β-unsaturated/α-hetero) is 1. The number of carbonyl (C=O) groups excluding carboxylic acids is 4. The summed E-state index contributed by atoms with van der Waals surface area (Å²) < 4.78 is 11.1. The number of hydrogen-bond donors (Lipinski definition) is 2. The summed E-state index contributed by atoms with van der Waals surface area (Å²) >= 11 is 0. The van der Waals surface area contributed by atoms with Gasteiger partial charge >= 0.3 is 12.2 Å². The number of ether oxygens (including phenoxy) is 2. The minimum absolute atomic E-state index is 0.0478. The molecule has 2 N–H and O–H groups in total. The van der Waals surface area contributed by atoms with E-state index >= 15 is 0 Å². The molecule has 3 aromatic carbocycles. The van der Waals surface area contributed by atoms with Crippen LogP contribution in [0.3, 0.4) is 0 Å². The highest BCUT2D eigenvalue weighted by molar-refractivity contribution is 5.96. The first-order valence-electron chi connectivity index (χ1n) is 19.3. The molecule has 1 saturated heterocycles. The molecule has 1 heterocycles. The zero-order valence-corrected chi connectivity index (χ0v) is 32.8. The summed E-state index contributed by atoms with van der Waals surface area (Å²) in [4.78, 5) is 55.9. The molecule has 0 aliphatic carbocycles. The third-order valence-corrected chi connectivity index (χ3v) is 9.44. The average Bonchev–Trinajstić information content (AvgIpc) is 3.15. The first-order valence-corrected chi connectivity index (χ1v) is 19.3. The predicted molar refractivity (Wildman–Crippen MR) is 215 cm³/mol. The smallest absolute Gasteiger partial charge is 0.411 e. The highest BCUT2D eigenvalue weighted by atomic mass is 16.6. The molecular weight excluding hydrogens is 683 g/mol. The molecule has 54 heavy (non-hydrogen) atoms. The van der Waals surface area contributed by atoms with E-state index in [1.807, 2.05) is 112 Å². The number of para-hydroxylation sites is 1. The SMILES string of the molecule is CN(CCN1CCC(OC(=O)Nc2ccccc2-c2ccccc2)CC1)C(=O)CCCCCNc1ccc(C(=O)CCCN(C)C(=O)OC(C)(C)C)cc1. The van der Waals surface area contributed by atoms with Gasteiger partial charge in [0.1, 0.15) is 11.7 Å². The molecule has 0 bridgehead atoms. The first kappa shape index (κ1) is 41.9. The number of likely N-dealkylation sites (N-methyl/N-ethyl adjacent to an activating group) is 1. The van der Waals surface area contributed by atoms with Crippen LogP contribution in [0.2, 0.25) is 0 Å². The zero-order valence-electron chi connectivity index (χ0n) is 32.8. The van der Waals surface area contributed by atoms with Gasteiger partial charge in [0.2, 0.25) is 5.91 Å². The summed E-state index contributed by atoms with van der Waals surface area (Å²) in [6.07, 6.45) is 4.74. The van der Waals surface area contributed by atoms with Crippen LogP contribution in [-0.2, 0) is 14.3 Å². The van der Waals surface area contributed by atoms with Crippen molar-refractivity contribution < 1.29 is 28.7 Å². The van der Waals surface area contributed by atoms with E-state index in [9.17, 15) is 19.2 Å². The lowest BCUT2D eigenvalue weighted by atomic mass is 10.0. The van der Waals surface area contributed by atoms with Crippen molar-refractivity contribution in [1.29, 1.82) is 0 Å². The van der Waals surface area contributed by atoms with Crippen molar-refractivity contribution in [3.63, 3.8) is 0 Å². The van der Waals surface area contributed by atoms with Gasteiger partial charge in [0.25, 0.3) is 0 Å². The number of benzene rings is 3. The van der Waals surface area contributed by atoms with Crippen LogP contribution in [0.1, 0.15) is 82.5 Å². The van der Waals surface area contributed by atoms with Gasteiger partial charge in [0.05, 0.1) is 5.69 Å². The third-order valence-electron chi connectivity index (χ3n) is 9.44. The van der Waals surface area contributed by atoms with E-state index in [1.165, 1.54) is 4.90 Å². The van der Waals surface area contributed by atoms with Crippen molar-refractivity contribution in [2.24, 2.45) is 0 Å². The second-order valence-electron chi connectivity index (χ2n) is 15.0. The second-order valence-corrected chi connectivity index (χ2v) is 15.0. The largest absolute Gasteiger partial charge is 0.446 e. The van der Waals surface area contributed by atoms with Crippen molar-refractivity contribution >= 4 is 35.3 Å². The topological polar surface area (TPSA) is 121 Å². The van der Waals surface area contributed by atoms with E-state index < -0.39 is 11.7 Å². The molecule has 0 atom stereocenters. The van der Waals surface area contributed by atoms with Gasteiger partial charge in [-0.3, -0.25) is 14.9 Å². The second kappa shape index (κ2) is 21.1. The lowest BCUT2D eigenvalue weighted by Crippen LogP contribution is -2.42.